The topological polar surface area (TPSA) is 72.3 Å². The summed E-state index contributed by atoms with van der Waals surface area (Å²) in [5.41, 5.74) is 10.4. The lowest BCUT2D eigenvalue weighted by atomic mass is 10.1. The fourth-order valence-corrected chi connectivity index (χ4v) is 1.01. The van der Waals surface area contributed by atoms with Gasteiger partial charge in [0.2, 0.25) is 0 Å². The van der Waals surface area contributed by atoms with E-state index in [1.54, 1.807) is 0 Å². The summed E-state index contributed by atoms with van der Waals surface area (Å²) in [7, 11) is 0. The molecule has 11 heavy (non-hydrogen) atoms. The normalized spacial score (nSPS) is 12.0. The number of hydrogen-bond acceptors (Lipinski definition) is 3. The fourth-order valence-electron chi connectivity index (χ4n) is 1.01. The van der Waals surface area contributed by atoms with Crippen molar-refractivity contribution in [1.82, 2.24) is 0 Å². The Balaban J connectivity index is 3.02. The number of aliphatic hydroxyl groups is 1. The van der Waals surface area contributed by atoms with Crippen LogP contribution in [0.2, 0.25) is 0 Å². The summed E-state index contributed by atoms with van der Waals surface area (Å²) in [6.07, 6.45) is 6.24. The molecule has 0 amide bonds. The molecule has 0 aliphatic rings. The van der Waals surface area contributed by atoms with Crippen LogP contribution in [0.3, 0.4) is 0 Å². The van der Waals surface area contributed by atoms with Gasteiger partial charge in [0, 0.05) is 6.42 Å². The van der Waals surface area contributed by atoms with Gasteiger partial charge < -0.3 is 5.11 Å². The molecular weight excluding hydrogens is 140 g/mol. The van der Waals surface area contributed by atoms with E-state index in [4.69, 9.17) is 16.6 Å². The second-order valence-corrected chi connectivity index (χ2v) is 3.16. The first kappa shape index (κ1) is 10.9. The number of unbranched alkanes of at least 4 members (excludes halogenated alkanes) is 4. The Hall–Kier alpha value is -0.120. The highest BCUT2D eigenvalue weighted by atomic mass is 16.3. The van der Waals surface area contributed by atoms with Gasteiger partial charge in [-0.1, -0.05) is 32.6 Å². The van der Waals surface area contributed by atoms with Crippen molar-refractivity contribution in [2.45, 2.75) is 51.3 Å². The average Bonchev–Trinajstić information content (AvgIpc) is 1.85. The maximum Gasteiger partial charge on any atom is 0.166 e. The Morgan fingerprint density at radius 1 is 1.09 bits per heavy atom. The molecule has 3 heteroatoms. The van der Waals surface area contributed by atoms with Crippen LogP contribution >= 0.6 is 0 Å². The summed E-state index contributed by atoms with van der Waals surface area (Å²) in [5, 5.41) is 8.93. The van der Waals surface area contributed by atoms with E-state index in [0.717, 1.165) is 12.8 Å². The summed E-state index contributed by atoms with van der Waals surface area (Å²) in [5.74, 6) is -1.45. The molecule has 0 spiro atoms. The van der Waals surface area contributed by atoms with Crippen molar-refractivity contribution < 1.29 is 5.11 Å². The first-order chi connectivity index (χ1) is 5.06. The zero-order valence-corrected chi connectivity index (χ0v) is 7.34. The Labute approximate surface area is 68.8 Å². The van der Waals surface area contributed by atoms with Crippen LogP contribution in [0.5, 0.6) is 0 Å². The standard InChI is InChI=1S/C8H20N2O/c1-2-3-4-5-6-7-8(9,10)11/h11H,2-7,9-10H2,1H3. The highest BCUT2D eigenvalue weighted by Crippen LogP contribution is 2.07. The van der Waals surface area contributed by atoms with E-state index in [2.05, 4.69) is 6.92 Å². The van der Waals surface area contributed by atoms with Gasteiger partial charge in [-0.3, -0.25) is 11.5 Å². The molecular formula is C8H20N2O. The number of hydrogen-bond donors (Lipinski definition) is 3. The van der Waals surface area contributed by atoms with Crippen molar-refractivity contribution in [3.63, 3.8) is 0 Å². The first-order valence-electron chi connectivity index (χ1n) is 4.36. The molecule has 0 aliphatic heterocycles. The molecule has 68 valence electrons. The Morgan fingerprint density at radius 2 is 1.64 bits per heavy atom. The second-order valence-electron chi connectivity index (χ2n) is 3.16. The minimum atomic E-state index is -1.45. The first-order valence-corrected chi connectivity index (χ1v) is 4.36. The van der Waals surface area contributed by atoms with Gasteiger partial charge in [-0.15, -0.1) is 0 Å². The van der Waals surface area contributed by atoms with Crippen LogP contribution in [0, 0.1) is 0 Å². The van der Waals surface area contributed by atoms with E-state index in [9.17, 15) is 0 Å². The van der Waals surface area contributed by atoms with Crippen molar-refractivity contribution >= 4 is 0 Å². The number of rotatable bonds is 6. The van der Waals surface area contributed by atoms with Gasteiger partial charge in [0.25, 0.3) is 0 Å². The molecule has 0 atom stereocenters. The molecule has 0 saturated heterocycles. The number of nitrogens with two attached hydrogens (primary N) is 2. The van der Waals surface area contributed by atoms with Crippen molar-refractivity contribution in [2.24, 2.45) is 11.5 Å². The van der Waals surface area contributed by atoms with E-state index in [0.29, 0.717) is 6.42 Å². The summed E-state index contributed by atoms with van der Waals surface area (Å²) in [4.78, 5) is 0. The van der Waals surface area contributed by atoms with E-state index < -0.39 is 5.85 Å². The van der Waals surface area contributed by atoms with Crippen molar-refractivity contribution in [2.75, 3.05) is 0 Å². The molecule has 5 N–H and O–H groups in total. The van der Waals surface area contributed by atoms with Gasteiger partial charge in [-0.05, 0) is 6.42 Å². The molecule has 0 aromatic heterocycles. The maximum absolute atomic E-state index is 8.93. The SMILES string of the molecule is CCCCCCCC(N)(N)O. The highest BCUT2D eigenvalue weighted by Gasteiger charge is 2.11. The lowest BCUT2D eigenvalue weighted by molar-refractivity contribution is 0.0421. The van der Waals surface area contributed by atoms with Crippen LogP contribution in [0.15, 0.2) is 0 Å². The zero-order chi connectivity index (χ0) is 8.74. The molecule has 0 bridgehead atoms. The molecule has 0 aliphatic carbocycles. The Morgan fingerprint density at radius 3 is 2.09 bits per heavy atom. The monoisotopic (exact) mass is 160 g/mol. The van der Waals surface area contributed by atoms with Crippen LogP contribution in [-0.4, -0.2) is 11.0 Å². The summed E-state index contributed by atoms with van der Waals surface area (Å²) >= 11 is 0. The highest BCUT2D eigenvalue weighted by molar-refractivity contribution is 4.60. The third-order valence-corrected chi connectivity index (χ3v) is 1.68. The van der Waals surface area contributed by atoms with Gasteiger partial charge >= 0.3 is 0 Å². The summed E-state index contributed by atoms with van der Waals surface area (Å²) < 4.78 is 0. The van der Waals surface area contributed by atoms with E-state index in [1.165, 1.54) is 19.3 Å². The summed E-state index contributed by atoms with van der Waals surface area (Å²) in [6, 6.07) is 0. The molecule has 0 heterocycles. The molecule has 0 radical (unpaired) electrons. The largest absolute Gasteiger partial charge is 0.363 e. The van der Waals surface area contributed by atoms with Gasteiger partial charge in [0.15, 0.2) is 5.85 Å². The lowest BCUT2D eigenvalue weighted by Crippen LogP contribution is -2.48. The molecule has 3 nitrogen and oxygen atoms in total. The van der Waals surface area contributed by atoms with Crippen LogP contribution in [0.25, 0.3) is 0 Å². The van der Waals surface area contributed by atoms with Crippen LogP contribution in [0.4, 0.5) is 0 Å². The van der Waals surface area contributed by atoms with Gasteiger partial charge in [0.05, 0.1) is 0 Å². The molecule has 0 unspecified atom stereocenters. The minimum absolute atomic E-state index is 0.497. The van der Waals surface area contributed by atoms with Crippen LogP contribution in [0.1, 0.15) is 45.4 Å². The zero-order valence-electron chi connectivity index (χ0n) is 7.34. The van der Waals surface area contributed by atoms with Crippen molar-refractivity contribution in [1.29, 1.82) is 0 Å². The summed E-state index contributed by atoms with van der Waals surface area (Å²) in [6.45, 7) is 2.17. The lowest BCUT2D eigenvalue weighted by Gasteiger charge is -2.15. The Kier molecular flexibility index (Phi) is 5.46. The second kappa shape index (κ2) is 5.52. The smallest absolute Gasteiger partial charge is 0.166 e. The molecule has 0 fully saturated rings. The predicted octanol–water partition coefficient (Wildman–Crippen LogP) is 0.910. The molecule has 0 aromatic carbocycles. The maximum atomic E-state index is 8.93. The van der Waals surface area contributed by atoms with Crippen molar-refractivity contribution in [3.8, 4) is 0 Å². The van der Waals surface area contributed by atoms with E-state index in [-0.39, 0.29) is 0 Å². The van der Waals surface area contributed by atoms with Gasteiger partial charge in [-0.2, -0.15) is 0 Å². The third-order valence-electron chi connectivity index (χ3n) is 1.68. The molecule has 0 rings (SSSR count). The van der Waals surface area contributed by atoms with Gasteiger partial charge in [-0.25, -0.2) is 0 Å². The fraction of sp³-hybridized carbons (Fsp3) is 1.00. The van der Waals surface area contributed by atoms with Crippen LogP contribution < -0.4 is 11.5 Å². The Bertz CT molecular complexity index is 88.6. The predicted molar refractivity (Wildman–Crippen MR) is 46.7 cm³/mol. The van der Waals surface area contributed by atoms with Crippen LogP contribution in [-0.2, 0) is 0 Å². The average molecular weight is 160 g/mol. The van der Waals surface area contributed by atoms with E-state index >= 15 is 0 Å². The van der Waals surface area contributed by atoms with Crippen molar-refractivity contribution in [3.05, 3.63) is 0 Å². The van der Waals surface area contributed by atoms with E-state index in [1.807, 2.05) is 0 Å². The minimum Gasteiger partial charge on any atom is -0.363 e. The molecule has 0 aromatic rings. The third kappa shape index (κ3) is 9.88. The molecule has 0 saturated carbocycles. The quantitative estimate of drug-likeness (QED) is 0.399. The van der Waals surface area contributed by atoms with Gasteiger partial charge in [0.1, 0.15) is 0 Å².